The summed E-state index contributed by atoms with van der Waals surface area (Å²) in [4.78, 5) is 0. The molecule has 0 fully saturated rings. The van der Waals surface area contributed by atoms with E-state index in [-0.39, 0.29) is 0 Å². The minimum absolute atomic E-state index is 0.513. The first-order valence-corrected chi connectivity index (χ1v) is 5.05. The molecule has 0 saturated carbocycles. The van der Waals surface area contributed by atoms with Crippen molar-refractivity contribution in [1.82, 2.24) is 10.2 Å². The van der Waals surface area contributed by atoms with Crippen molar-refractivity contribution in [3.05, 3.63) is 10.0 Å². The summed E-state index contributed by atoms with van der Waals surface area (Å²) < 4.78 is 0. The molecule has 4 heteroatoms. The molecule has 0 saturated heterocycles. The third-order valence-electron chi connectivity index (χ3n) is 1.62. The number of nitrogens with zero attached hydrogens (tertiary/aromatic N) is 2. The van der Waals surface area contributed by atoms with Crippen LogP contribution < -0.4 is 5.73 Å². The van der Waals surface area contributed by atoms with Crippen LogP contribution in [0.1, 0.15) is 30.3 Å². The Labute approximate surface area is 77.0 Å². The average molecular weight is 185 g/mol. The van der Waals surface area contributed by atoms with Gasteiger partial charge in [-0.05, 0) is 12.3 Å². The standard InChI is InChI=1S/C8H15N3S/c1-6(2)3-4-7-10-11-8(5-9)12-7/h6H,3-5,9H2,1-2H3. The molecule has 0 amide bonds. The zero-order valence-electron chi connectivity index (χ0n) is 7.58. The lowest BCUT2D eigenvalue weighted by Crippen LogP contribution is -1.94. The van der Waals surface area contributed by atoms with Crippen LogP contribution in [-0.4, -0.2) is 10.2 Å². The largest absolute Gasteiger partial charge is 0.324 e. The number of nitrogens with two attached hydrogens (primary N) is 1. The van der Waals surface area contributed by atoms with E-state index in [0.717, 1.165) is 22.4 Å². The molecular formula is C8H15N3S. The van der Waals surface area contributed by atoms with Gasteiger partial charge in [0.1, 0.15) is 10.0 Å². The van der Waals surface area contributed by atoms with E-state index in [4.69, 9.17) is 5.73 Å². The molecule has 3 nitrogen and oxygen atoms in total. The van der Waals surface area contributed by atoms with Gasteiger partial charge in [0.2, 0.25) is 0 Å². The molecule has 1 aromatic heterocycles. The van der Waals surface area contributed by atoms with Crippen molar-refractivity contribution in [2.24, 2.45) is 11.7 Å². The van der Waals surface area contributed by atoms with Crippen LogP contribution in [0.4, 0.5) is 0 Å². The van der Waals surface area contributed by atoms with Crippen molar-refractivity contribution >= 4 is 11.3 Å². The second-order valence-electron chi connectivity index (χ2n) is 3.23. The van der Waals surface area contributed by atoms with E-state index in [0.29, 0.717) is 6.54 Å². The van der Waals surface area contributed by atoms with Gasteiger partial charge < -0.3 is 5.73 Å². The first kappa shape index (κ1) is 9.61. The smallest absolute Gasteiger partial charge is 0.131 e. The summed E-state index contributed by atoms with van der Waals surface area (Å²) in [7, 11) is 0. The molecule has 0 radical (unpaired) electrons. The van der Waals surface area contributed by atoms with E-state index in [9.17, 15) is 0 Å². The highest BCUT2D eigenvalue weighted by molar-refractivity contribution is 7.11. The normalized spacial score (nSPS) is 11.0. The van der Waals surface area contributed by atoms with Gasteiger partial charge in [0.25, 0.3) is 0 Å². The summed E-state index contributed by atoms with van der Waals surface area (Å²) in [5.41, 5.74) is 5.43. The van der Waals surface area contributed by atoms with Gasteiger partial charge in [-0.15, -0.1) is 21.5 Å². The Morgan fingerprint density at radius 2 is 2.00 bits per heavy atom. The zero-order valence-corrected chi connectivity index (χ0v) is 8.40. The molecule has 1 heterocycles. The van der Waals surface area contributed by atoms with Crippen LogP contribution in [0.3, 0.4) is 0 Å². The Hall–Kier alpha value is -0.480. The van der Waals surface area contributed by atoms with Crippen molar-refractivity contribution < 1.29 is 0 Å². The number of hydrogen-bond acceptors (Lipinski definition) is 4. The first-order chi connectivity index (χ1) is 5.72. The maximum Gasteiger partial charge on any atom is 0.131 e. The molecule has 0 spiro atoms. The summed E-state index contributed by atoms with van der Waals surface area (Å²) >= 11 is 1.63. The highest BCUT2D eigenvalue weighted by Gasteiger charge is 2.03. The van der Waals surface area contributed by atoms with Crippen LogP contribution in [0.5, 0.6) is 0 Å². The van der Waals surface area contributed by atoms with Crippen molar-refractivity contribution in [2.75, 3.05) is 0 Å². The maximum atomic E-state index is 5.43. The van der Waals surface area contributed by atoms with E-state index < -0.39 is 0 Å². The van der Waals surface area contributed by atoms with Crippen LogP contribution >= 0.6 is 11.3 Å². The lowest BCUT2D eigenvalue weighted by Gasteiger charge is -1.99. The van der Waals surface area contributed by atoms with Crippen molar-refractivity contribution in [1.29, 1.82) is 0 Å². The number of hydrogen-bond donors (Lipinski definition) is 1. The van der Waals surface area contributed by atoms with Crippen molar-refractivity contribution in [3.63, 3.8) is 0 Å². The van der Waals surface area contributed by atoms with E-state index >= 15 is 0 Å². The average Bonchev–Trinajstić information content (AvgIpc) is 2.48. The van der Waals surface area contributed by atoms with Crippen LogP contribution in [-0.2, 0) is 13.0 Å². The van der Waals surface area contributed by atoms with E-state index in [1.165, 1.54) is 6.42 Å². The van der Waals surface area contributed by atoms with Crippen LogP contribution in [0.15, 0.2) is 0 Å². The molecule has 0 atom stereocenters. The third kappa shape index (κ3) is 2.87. The number of rotatable bonds is 4. The maximum absolute atomic E-state index is 5.43. The highest BCUT2D eigenvalue weighted by atomic mass is 32.1. The Morgan fingerprint density at radius 3 is 2.50 bits per heavy atom. The minimum atomic E-state index is 0.513. The van der Waals surface area contributed by atoms with Crippen molar-refractivity contribution in [3.8, 4) is 0 Å². The predicted octanol–water partition coefficient (Wildman–Crippen LogP) is 1.59. The third-order valence-corrected chi connectivity index (χ3v) is 2.62. The summed E-state index contributed by atoms with van der Waals surface area (Å²) in [5.74, 6) is 0.732. The van der Waals surface area contributed by atoms with Gasteiger partial charge in [0, 0.05) is 13.0 Å². The van der Waals surface area contributed by atoms with Gasteiger partial charge >= 0.3 is 0 Å². The second-order valence-corrected chi connectivity index (χ2v) is 4.37. The van der Waals surface area contributed by atoms with Crippen molar-refractivity contribution in [2.45, 2.75) is 33.2 Å². The molecule has 0 aliphatic rings. The Morgan fingerprint density at radius 1 is 1.33 bits per heavy atom. The zero-order chi connectivity index (χ0) is 8.97. The number of aryl methyl sites for hydroxylation is 1. The van der Waals surface area contributed by atoms with E-state index in [2.05, 4.69) is 24.0 Å². The molecular weight excluding hydrogens is 170 g/mol. The predicted molar refractivity (Wildman–Crippen MR) is 51.0 cm³/mol. The Kier molecular flexibility index (Phi) is 3.62. The lowest BCUT2D eigenvalue weighted by molar-refractivity contribution is 0.583. The SMILES string of the molecule is CC(C)CCc1nnc(CN)s1. The molecule has 68 valence electrons. The van der Waals surface area contributed by atoms with Gasteiger partial charge in [-0.3, -0.25) is 0 Å². The van der Waals surface area contributed by atoms with Gasteiger partial charge in [0.15, 0.2) is 0 Å². The van der Waals surface area contributed by atoms with E-state index in [1.807, 2.05) is 0 Å². The van der Waals surface area contributed by atoms with E-state index in [1.54, 1.807) is 11.3 Å². The molecule has 12 heavy (non-hydrogen) atoms. The van der Waals surface area contributed by atoms with Crippen LogP contribution in [0, 0.1) is 5.92 Å². The number of aromatic nitrogens is 2. The summed E-state index contributed by atoms with van der Waals surface area (Å²) in [6.45, 7) is 4.94. The summed E-state index contributed by atoms with van der Waals surface area (Å²) in [6.07, 6.45) is 2.22. The minimum Gasteiger partial charge on any atom is -0.324 e. The Bertz CT molecular complexity index is 232. The second kappa shape index (κ2) is 4.52. The molecule has 1 rings (SSSR count). The van der Waals surface area contributed by atoms with Crippen LogP contribution in [0.25, 0.3) is 0 Å². The summed E-state index contributed by atoms with van der Waals surface area (Å²) in [6, 6.07) is 0. The fraction of sp³-hybridized carbons (Fsp3) is 0.750. The first-order valence-electron chi connectivity index (χ1n) is 4.23. The van der Waals surface area contributed by atoms with Gasteiger partial charge in [-0.2, -0.15) is 0 Å². The Balaban J connectivity index is 2.41. The fourth-order valence-corrected chi connectivity index (χ4v) is 1.62. The monoisotopic (exact) mass is 185 g/mol. The van der Waals surface area contributed by atoms with Crippen LogP contribution in [0.2, 0.25) is 0 Å². The molecule has 1 aromatic rings. The summed E-state index contributed by atoms with van der Waals surface area (Å²) in [5, 5.41) is 10.1. The lowest BCUT2D eigenvalue weighted by atomic mass is 10.1. The fourth-order valence-electron chi connectivity index (χ4n) is 0.884. The molecule has 2 N–H and O–H groups in total. The topological polar surface area (TPSA) is 51.8 Å². The quantitative estimate of drug-likeness (QED) is 0.775. The molecule has 0 aromatic carbocycles. The van der Waals surface area contributed by atoms with Gasteiger partial charge in [-0.1, -0.05) is 13.8 Å². The molecule has 0 aliphatic heterocycles. The highest BCUT2D eigenvalue weighted by Crippen LogP contribution is 2.13. The molecule has 0 aliphatic carbocycles. The van der Waals surface area contributed by atoms with Gasteiger partial charge in [-0.25, -0.2) is 0 Å². The molecule has 0 unspecified atom stereocenters. The molecule has 0 bridgehead atoms. The van der Waals surface area contributed by atoms with Gasteiger partial charge in [0.05, 0.1) is 0 Å².